The van der Waals surface area contributed by atoms with Gasteiger partial charge in [0.05, 0.1) is 20.3 Å². The fourth-order valence-electron chi connectivity index (χ4n) is 2.97. The number of nitrogens with one attached hydrogen (secondary N) is 1. The van der Waals surface area contributed by atoms with E-state index in [1.165, 1.54) is 0 Å². The molecule has 2 heterocycles. The second-order valence-electron chi connectivity index (χ2n) is 6.54. The number of ether oxygens (including phenoxy) is 2. The van der Waals surface area contributed by atoms with Crippen LogP contribution in [0.25, 0.3) is 0 Å². The van der Waals surface area contributed by atoms with Crippen LogP contribution in [0.5, 0.6) is 11.5 Å². The molecule has 6 nitrogen and oxygen atoms in total. The summed E-state index contributed by atoms with van der Waals surface area (Å²) < 4.78 is 16.7. The van der Waals surface area contributed by atoms with Gasteiger partial charge in [0.2, 0.25) is 0 Å². The zero-order chi connectivity index (χ0) is 17.8. The standard InChI is InChI=1S/C19H24N2O4/c1-21(2)11-15-7-8-17(25-15)19(22)20-10-13-9-14-5-4-6-16(23-3)18(14)24-12-13/h4-8,13H,9-12H2,1-3H3,(H,20,22). The Labute approximate surface area is 147 Å². The van der Waals surface area contributed by atoms with Gasteiger partial charge in [-0.2, -0.15) is 0 Å². The zero-order valence-corrected chi connectivity index (χ0v) is 14.9. The predicted octanol–water partition coefficient (Wildman–Crippen LogP) is 2.33. The average Bonchev–Trinajstić information content (AvgIpc) is 3.06. The van der Waals surface area contributed by atoms with Gasteiger partial charge in [-0.05, 0) is 44.3 Å². The number of carbonyl (C=O) groups is 1. The average molecular weight is 344 g/mol. The minimum Gasteiger partial charge on any atom is -0.493 e. The normalized spacial score (nSPS) is 16.2. The third-order valence-electron chi connectivity index (χ3n) is 4.16. The molecule has 0 spiro atoms. The summed E-state index contributed by atoms with van der Waals surface area (Å²) in [4.78, 5) is 14.2. The summed E-state index contributed by atoms with van der Waals surface area (Å²) in [6, 6.07) is 9.43. The van der Waals surface area contributed by atoms with Crippen molar-refractivity contribution in [2.24, 2.45) is 5.92 Å². The van der Waals surface area contributed by atoms with E-state index >= 15 is 0 Å². The van der Waals surface area contributed by atoms with Crippen molar-refractivity contribution < 1.29 is 18.7 Å². The first-order valence-electron chi connectivity index (χ1n) is 8.37. The Bertz CT molecular complexity index is 739. The lowest BCUT2D eigenvalue weighted by atomic mass is 9.96. The summed E-state index contributed by atoms with van der Waals surface area (Å²) >= 11 is 0. The van der Waals surface area contributed by atoms with Crippen molar-refractivity contribution in [1.82, 2.24) is 10.2 Å². The Hall–Kier alpha value is -2.47. The number of nitrogens with zero attached hydrogens (tertiary/aromatic N) is 1. The molecular formula is C19H24N2O4. The number of para-hydroxylation sites is 1. The van der Waals surface area contributed by atoms with Gasteiger partial charge in [-0.15, -0.1) is 0 Å². The molecule has 1 aromatic carbocycles. The molecule has 25 heavy (non-hydrogen) atoms. The molecule has 1 aliphatic rings. The van der Waals surface area contributed by atoms with Crippen molar-refractivity contribution in [3.05, 3.63) is 47.4 Å². The van der Waals surface area contributed by atoms with E-state index in [1.807, 2.05) is 43.3 Å². The van der Waals surface area contributed by atoms with Crippen molar-refractivity contribution in [1.29, 1.82) is 0 Å². The lowest BCUT2D eigenvalue weighted by Gasteiger charge is -2.26. The van der Waals surface area contributed by atoms with E-state index in [4.69, 9.17) is 13.9 Å². The maximum atomic E-state index is 12.3. The number of benzene rings is 1. The summed E-state index contributed by atoms with van der Waals surface area (Å²) in [6.45, 7) is 1.76. The molecule has 2 aromatic rings. The van der Waals surface area contributed by atoms with E-state index in [1.54, 1.807) is 13.2 Å². The number of hydrogen-bond donors (Lipinski definition) is 1. The van der Waals surface area contributed by atoms with Crippen LogP contribution in [0.15, 0.2) is 34.7 Å². The van der Waals surface area contributed by atoms with Crippen LogP contribution >= 0.6 is 0 Å². The van der Waals surface area contributed by atoms with Gasteiger partial charge in [-0.25, -0.2) is 0 Å². The SMILES string of the molecule is COc1cccc2c1OCC(CNC(=O)c1ccc(CN(C)C)o1)C2. The van der Waals surface area contributed by atoms with Crippen LogP contribution in [0, 0.1) is 5.92 Å². The first kappa shape index (κ1) is 17.4. The summed E-state index contributed by atoms with van der Waals surface area (Å²) in [5.41, 5.74) is 1.11. The highest BCUT2D eigenvalue weighted by Gasteiger charge is 2.23. The minimum absolute atomic E-state index is 0.193. The van der Waals surface area contributed by atoms with Gasteiger partial charge >= 0.3 is 0 Å². The second kappa shape index (κ2) is 7.61. The van der Waals surface area contributed by atoms with Gasteiger partial charge in [0, 0.05) is 12.5 Å². The molecule has 1 atom stereocenters. The molecule has 1 aliphatic heterocycles. The Morgan fingerprint density at radius 3 is 2.92 bits per heavy atom. The van der Waals surface area contributed by atoms with Gasteiger partial charge in [-0.1, -0.05) is 12.1 Å². The van der Waals surface area contributed by atoms with Crippen LogP contribution in [-0.4, -0.2) is 45.2 Å². The highest BCUT2D eigenvalue weighted by Crippen LogP contribution is 2.35. The van der Waals surface area contributed by atoms with E-state index in [9.17, 15) is 4.79 Å². The maximum Gasteiger partial charge on any atom is 0.287 e. The quantitative estimate of drug-likeness (QED) is 0.871. The van der Waals surface area contributed by atoms with Crippen LogP contribution in [0.2, 0.25) is 0 Å². The fourth-order valence-corrected chi connectivity index (χ4v) is 2.97. The van der Waals surface area contributed by atoms with Gasteiger partial charge in [0.25, 0.3) is 5.91 Å². The Kier molecular flexibility index (Phi) is 5.28. The van der Waals surface area contributed by atoms with E-state index in [0.717, 1.165) is 29.2 Å². The zero-order valence-electron chi connectivity index (χ0n) is 14.9. The Morgan fingerprint density at radius 1 is 1.32 bits per heavy atom. The highest BCUT2D eigenvalue weighted by atomic mass is 16.5. The van der Waals surface area contributed by atoms with Crippen molar-refractivity contribution in [3.8, 4) is 11.5 Å². The third kappa shape index (κ3) is 4.14. The van der Waals surface area contributed by atoms with E-state index in [2.05, 4.69) is 5.32 Å². The van der Waals surface area contributed by atoms with Crippen molar-refractivity contribution in [3.63, 3.8) is 0 Å². The summed E-state index contributed by atoms with van der Waals surface area (Å²) in [5.74, 6) is 2.71. The van der Waals surface area contributed by atoms with Crippen LogP contribution in [0.1, 0.15) is 21.9 Å². The van der Waals surface area contributed by atoms with Crippen LogP contribution in [0.4, 0.5) is 0 Å². The molecule has 1 amide bonds. The van der Waals surface area contributed by atoms with E-state index < -0.39 is 0 Å². The Balaban J connectivity index is 1.55. The topological polar surface area (TPSA) is 63.9 Å². The molecule has 0 radical (unpaired) electrons. The molecular weight excluding hydrogens is 320 g/mol. The maximum absolute atomic E-state index is 12.3. The molecule has 1 N–H and O–H groups in total. The smallest absolute Gasteiger partial charge is 0.287 e. The van der Waals surface area contributed by atoms with E-state index in [0.29, 0.717) is 25.5 Å². The van der Waals surface area contributed by atoms with Crippen molar-refractivity contribution in [2.45, 2.75) is 13.0 Å². The first-order chi connectivity index (χ1) is 12.1. The molecule has 1 aromatic heterocycles. The molecule has 0 aliphatic carbocycles. The van der Waals surface area contributed by atoms with E-state index in [-0.39, 0.29) is 11.8 Å². The van der Waals surface area contributed by atoms with Crippen molar-refractivity contribution >= 4 is 5.91 Å². The monoisotopic (exact) mass is 344 g/mol. The number of hydrogen-bond acceptors (Lipinski definition) is 5. The van der Waals surface area contributed by atoms with Crippen LogP contribution in [0.3, 0.4) is 0 Å². The highest BCUT2D eigenvalue weighted by molar-refractivity contribution is 5.91. The van der Waals surface area contributed by atoms with Crippen molar-refractivity contribution in [2.75, 3.05) is 34.4 Å². The largest absolute Gasteiger partial charge is 0.493 e. The minimum atomic E-state index is -0.193. The summed E-state index contributed by atoms with van der Waals surface area (Å²) in [5, 5.41) is 2.94. The fraction of sp³-hybridized carbons (Fsp3) is 0.421. The molecule has 0 saturated carbocycles. The number of rotatable bonds is 6. The molecule has 0 bridgehead atoms. The van der Waals surface area contributed by atoms with Gasteiger partial charge in [0.15, 0.2) is 17.3 Å². The number of amides is 1. The summed E-state index contributed by atoms with van der Waals surface area (Å²) in [6.07, 6.45) is 0.844. The molecule has 0 fully saturated rings. The molecule has 3 rings (SSSR count). The van der Waals surface area contributed by atoms with Gasteiger partial charge in [0.1, 0.15) is 5.76 Å². The third-order valence-corrected chi connectivity index (χ3v) is 4.16. The number of fused-ring (bicyclic) bond motifs is 1. The number of methoxy groups -OCH3 is 1. The van der Waals surface area contributed by atoms with Gasteiger partial charge < -0.3 is 24.1 Å². The van der Waals surface area contributed by atoms with Crippen LogP contribution < -0.4 is 14.8 Å². The molecule has 6 heteroatoms. The second-order valence-corrected chi connectivity index (χ2v) is 6.54. The predicted molar refractivity (Wildman–Crippen MR) is 94.1 cm³/mol. The van der Waals surface area contributed by atoms with Gasteiger partial charge in [-0.3, -0.25) is 4.79 Å². The first-order valence-corrected chi connectivity index (χ1v) is 8.37. The molecule has 0 saturated heterocycles. The molecule has 134 valence electrons. The van der Waals surface area contributed by atoms with Crippen LogP contribution in [-0.2, 0) is 13.0 Å². The number of carbonyl (C=O) groups excluding carboxylic acids is 1. The molecule has 1 unspecified atom stereocenters. The Morgan fingerprint density at radius 2 is 2.16 bits per heavy atom. The summed E-state index contributed by atoms with van der Waals surface area (Å²) in [7, 11) is 5.55. The lowest BCUT2D eigenvalue weighted by molar-refractivity contribution is 0.0907. The lowest BCUT2D eigenvalue weighted by Crippen LogP contribution is -2.34. The number of furan rings is 1.